The number of aryl methyl sites for hydroxylation is 1. The SMILES string of the molecule is CC(C)CCn1cc(-c2cc3nc(-n4ccc(-c5ccccc5)n4)cc(N4CCOCC4)c3o2)cn1. The van der Waals surface area contributed by atoms with Gasteiger partial charge in [-0.3, -0.25) is 4.68 Å². The molecule has 1 aliphatic heterocycles. The van der Waals surface area contributed by atoms with E-state index >= 15 is 0 Å². The summed E-state index contributed by atoms with van der Waals surface area (Å²) in [6.07, 6.45) is 6.96. The molecule has 0 N–H and O–H groups in total. The summed E-state index contributed by atoms with van der Waals surface area (Å²) in [6, 6.07) is 16.3. The number of pyridine rings is 1. The van der Waals surface area contributed by atoms with Crippen LogP contribution in [0.5, 0.6) is 0 Å². The van der Waals surface area contributed by atoms with Crippen molar-refractivity contribution in [2.45, 2.75) is 26.8 Å². The first kappa shape index (κ1) is 22.5. The Labute approximate surface area is 210 Å². The third-order valence-electron chi connectivity index (χ3n) is 6.54. The third kappa shape index (κ3) is 4.52. The monoisotopic (exact) mass is 482 g/mol. The van der Waals surface area contributed by atoms with Crippen LogP contribution in [0.2, 0.25) is 0 Å². The summed E-state index contributed by atoms with van der Waals surface area (Å²) in [5.74, 6) is 2.16. The lowest BCUT2D eigenvalue weighted by Crippen LogP contribution is -2.36. The maximum absolute atomic E-state index is 6.41. The molecule has 0 saturated carbocycles. The molecule has 5 heterocycles. The van der Waals surface area contributed by atoms with Gasteiger partial charge in [0.1, 0.15) is 11.3 Å². The van der Waals surface area contributed by atoms with E-state index in [1.165, 1.54) is 0 Å². The molecule has 184 valence electrons. The summed E-state index contributed by atoms with van der Waals surface area (Å²) in [5, 5.41) is 9.35. The summed E-state index contributed by atoms with van der Waals surface area (Å²) in [6.45, 7) is 8.32. The minimum atomic E-state index is 0.632. The zero-order valence-electron chi connectivity index (χ0n) is 20.7. The minimum absolute atomic E-state index is 0.632. The van der Waals surface area contributed by atoms with Gasteiger partial charge in [0, 0.05) is 49.7 Å². The molecule has 0 bridgehead atoms. The third-order valence-corrected chi connectivity index (χ3v) is 6.54. The Bertz CT molecular complexity index is 1460. The number of hydrogen-bond donors (Lipinski definition) is 0. The van der Waals surface area contributed by atoms with Crippen LogP contribution in [0.15, 0.2) is 71.5 Å². The fraction of sp³-hybridized carbons (Fsp3) is 0.321. The molecular weight excluding hydrogens is 452 g/mol. The molecule has 36 heavy (non-hydrogen) atoms. The normalized spacial score (nSPS) is 14.2. The summed E-state index contributed by atoms with van der Waals surface area (Å²) in [5.41, 5.74) is 5.53. The van der Waals surface area contributed by atoms with Crippen molar-refractivity contribution in [1.29, 1.82) is 0 Å². The maximum atomic E-state index is 6.41. The number of furan rings is 1. The average molecular weight is 483 g/mol. The number of morpholine rings is 1. The maximum Gasteiger partial charge on any atom is 0.176 e. The number of aromatic nitrogens is 5. The van der Waals surface area contributed by atoms with Gasteiger partial charge in [0.2, 0.25) is 0 Å². The number of ether oxygens (including phenoxy) is 1. The lowest BCUT2D eigenvalue weighted by Gasteiger charge is -2.28. The van der Waals surface area contributed by atoms with E-state index in [9.17, 15) is 0 Å². The van der Waals surface area contributed by atoms with Crippen molar-refractivity contribution >= 4 is 16.8 Å². The van der Waals surface area contributed by atoms with Crippen LogP contribution in [0, 0.1) is 5.92 Å². The molecule has 0 unspecified atom stereocenters. The molecule has 6 rings (SSSR count). The highest BCUT2D eigenvalue weighted by Crippen LogP contribution is 2.35. The topological polar surface area (TPSA) is 74.1 Å². The number of nitrogens with zero attached hydrogens (tertiary/aromatic N) is 6. The van der Waals surface area contributed by atoms with Crippen molar-refractivity contribution < 1.29 is 9.15 Å². The van der Waals surface area contributed by atoms with Crippen LogP contribution in [-0.4, -0.2) is 50.8 Å². The van der Waals surface area contributed by atoms with E-state index in [1.54, 1.807) is 0 Å². The molecule has 0 spiro atoms. The van der Waals surface area contributed by atoms with Crippen LogP contribution < -0.4 is 4.90 Å². The van der Waals surface area contributed by atoms with E-state index in [1.807, 2.05) is 52.1 Å². The van der Waals surface area contributed by atoms with Crippen LogP contribution in [0.3, 0.4) is 0 Å². The van der Waals surface area contributed by atoms with Crippen LogP contribution in [0.1, 0.15) is 20.3 Å². The van der Waals surface area contributed by atoms with Gasteiger partial charge >= 0.3 is 0 Å². The van der Waals surface area contributed by atoms with Crippen molar-refractivity contribution in [2.75, 3.05) is 31.2 Å². The molecule has 8 heteroatoms. The summed E-state index contributed by atoms with van der Waals surface area (Å²) < 4.78 is 15.8. The van der Waals surface area contributed by atoms with Gasteiger partial charge in [-0.05, 0) is 18.4 Å². The van der Waals surface area contributed by atoms with Crippen molar-refractivity contribution in [3.63, 3.8) is 0 Å². The number of hydrogen-bond acceptors (Lipinski definition) is 6. The smallest absolute Gasteiger partial charge is 0.176 e. The number of fused-ring (bicyclic) bond motifs is 1. The molecule has 0 atom stereocenters. The molecule has 1 fully saturated rings. The van der Waals surface area contributed by atoms with E-state index in [2.05, 4.69) is 48.2 Å². The predicted molar refractivity (Wildman–Crippen MR) is 140 cm³/mol. The molecular formula is C28H30N6O2. The lowest BCUT2D eigenvalue weighted by atomic mass is 10.1. The fourth-order valence-electron chi connectivity index (χ4n) is 4.51. The summed E-state index contributed by atoms with van der Waals surface area (Å²) >= 11 is 0. The molecule has 1 saturated heterocycles. The first-order valence-corrected chi connectivity index (χ1v) is 12.6. The number of benzene rings is 1. The first-order valence-electron chi connectivity index (χ1n) is 12.6. The predicted octanol–water partition coefficient (Wildman–Crippen LogP) is 5.43. The molecule has 1 aliphatic rings. The zero-order valence-corrected chi connectivity index (χ0v) is 20.7. The Morgan fingerprint density at radius 3 is 2.64 bits per heavy atom. The Hall–Kier alpha value is -3.91. The van der Waals surface area contributed by atoms with Crippen LogP contribution in [0.25, 0.3) is 39.5 Å². The van der Waals surface area contributed by atoms with Gasteiger partial charge in [0.05, 0.1) is 36.4 Å². The summed E-state index contributed by atoms with van der Waals surface area (Å²) in [4.78, 5) is 7.25. The van der Waals surface area contributed by atoms with E-state index in [0.29, 0.717) is 19.1 Å². The van der Waals surface area contributed by atoms with Gasteiger partial charge in [-0.2, -0.15) is 10.2 Å². The van der Waals surface area contributed by atoms with Gasteiger partial charge in [-0.1, -0.05) is 44.2 Å². The number of rotatable bonds is 7. The van der Waals surface area contributed by atoms with Gasteiger partial charge in [-0.25, -0.2) is 9.67 Å². The van der Waals surface area contributed by atoms with Crippen LogP contribution in [0.4, 0.5) is 5.69 Å². The second kappa shape index (κ2) is 9.62. The average Bonchev–Trinajstić information content (AvgIpc) is 3.67. The number of anilines is 1. The van der Waals surface area contributed by atoms with Crippen molar-refractivity contribution in [2.24, 2.45) is 5.92 Å². The lowest BCUT2D eigenvalue weighted by molar-refractivity contribution is 0.122. The first-order chi connectivity index (χ1) is 17.6. The largest absolute Gasteiger partial charge is 0.452 e. The molecule has 5 aromatic rings. The van der Waals surface area contributed by atoms with E-state index in [4.69, 9.17) is 19.2 Å². The van der Waals surface area contributed by atoms with Crippen molar-refractivity contribution in [3.8, 4) is 28.4 Å². The molecule has 1 aromatic carbocycles. The van der Waals surface area contributed by atoms with Crippen molar-refractivity contribution in [3.05, 3.63) is 67.1 Å². The second-order valence-corrected chi connectivity index (χ2v) is 9.61. The molecule has 0 aliphatic carbocycles. The van der Waals surface area contributed by atoms with Gasteiger partial charge in [0.15, 0.2) is 11.4 Å². The van der Waals surface area contributed by atoms with Crippen LogP contribution in [-0.2, 0) is 11.3 Å². The standard InChI is InChI=1S/C28H30N6O2/c1-20(2)8-10-33-19-22(18-29-33)26-16-24-28(36-26)25(32-12-14-35-15-13-32)17-27(30-24)34-11-9-23(31-34)21-6-4-3-5-7-21/h3-7,9,11,16-20H,8,10,12-15H2,1-2H3. The summed E-state index contributed by atoms with van der Waals surface area (Å²) in [7, 11) is 0. The van der Waals surface area contributed by atoms with Gasteiger partial charge < -0.3 is 14.1 Å². The quantitative estimate of drug-likeness (QED) is 0.308. The molecule has 0 amide bonds. The Balaban J connectivity index is 1.40. The van der Waals surface area contributed by atoms with E-state index < -0.39 is 0 Å². The van der Waals surface area contributed by atoms with E-state index in [0.717, 1.165) is 71.2 Å². The second-order valence-electron chi connectivity index (χ2n) is 9.61. The fourth-order valence-corrected chi connectivity index (χ4v) is 4.51. The Morgan fingerprint density at radius 1 is 1.00 bits per heavy atom. The van der Waals surface area contributed by atoms with Crippen LogP contribution >= 0.6 is 0 Å². The van der Waals surface area contributed by atoms with Gasteiger partial charge in [-0.15, -0.1) is 0 Å². The highest BCUT2D eigenvalue weighted by molar-refractivity contribution is 5.91. The Morgan fingerprint density at radius 2 is 1.83 bits per heavy atom. The highest BCUT2D eigenvalue weighted by atomic mass is 16.5. The minimum Gasteiger partial charge on any atom is -0.452 e. The Kier molecular flexibility index (Phi) is 6.03. The van der Waals surface area contributed by atoms with Crippen molar-refractivity contribution in [1.82, 2.24) is 24.5 Å². The molecule has 8 nitrogen and oxygen atoms in total. The zero-order chi connectivity index (χ0) is 24.5. The highest BCUT2D eigenvalue weighted by Gasteiger charge is 2.21. The van der Waals surface area contributed by atoms with E-state index in [-0.39, 0.29) is 0 Å². The van der Waals surface area contributed by atoms with Gasteiger partial charge in [0.25, 0.3) is 0 Å². The molecule has 0 radical (unpaired) electrons. The molecule has 4 aromatic heterocycles.